The molecule has 0 spiro atoms. The molecule has 1 atom stereocenters. The van der Waals surface area contributed by atoms with E-state index in [0.717, 1.165) is 36.0 Å². The van der Waals surface area contributed by atoms with E-state index in [1.807, 2.05) is 29.2 Å². The number of likely N-dealkylation sites (tertiary alicyclic amines) is 1. The van der Waals surface area contributed by atoms with E-state index in [0.29, 0.717) is 26.1 Å². The van der Waals surface area contributed by atoms with Gasteiger partial charge in [-0.05, 0) is 54.0 Å². The number of nitrogens with two attached hydrogens (primary N) is 1. The van der Waals surface area contributed by atoms with Crippen LogP contribution in [0.5, 0.6) is 0 Å². The molecule has 1 aliphatic heterocycles. The molecule has 1 heterocycles. The fraction of sp³-hybridized carbons (Fsp3) is 0.409. The van der Waals surface area contributed by atoms with E-state index in [1.54, 1.807) is 12.1 Å². The zero-order chi connectivity index (χ0) is 19.2. The zero-order valence-corrected chi connectivity index (χ0v) is 15.5. The molecule has 1 unspecified atom stereocenters. The van der Waals surface area contributed by atoms with Crippen LogP contribution in [0, 0.1) is 11.7 Å². The second-order valence-electron chi connectivity index (χ2n) is 7.24. The fourth-order valence-electron chi connectivity index (χ4n) is 3.65. The van der Waals surface area contributed by atoms with Gasteiger partial charge in [-0.2, -0.15) is 0 Å². The summed E-state index contributed by atoms with van der Waals surface area (Å²) < 4.78 is 13.0. The van der Waals surface area contributed by atoms with Crippen LogP contribution in [0.25, 0.3) is 0 Å². The Morgan fingerprint density at radius 3 is 2.26 bits per heavy atom. The molecule has 1 fully saturated rings. The Balaban J connectivity index is 1.46. The Labute approximate surface area is 159 Å². The molecule has 27 heavy (non-hydrogen) atoms. The Bertz CT molecular complexity index is 738. The van der Waals surface area contributed by atoms with E-state index in [9.17, 15) is 14.3 Å². The molecule has 2 aromatic rings. The molecule has 3 rings (SSSR count). The number of hydrogen-bond donors (Lipinski definition) is 2. The molecule has 0 saturated carbocycles. The summed E-state index contributed by atoms with van der Waals surface area (Å²) in [5.74, 6) is -0.0417. The van der Waals surface area contributed by atoms with Gasteiger partial charge in [-0.1, -0.05) is 36.4 Å². The van der Waals surface area contributed by atoms with Crippen molar-refractivity contribution in [2.45, 2.75) is 38.3 Å². The quantitative estimate of drug-likeness (QED) is 0.821. The summed E-state index contributed by atoms with van der Waals surface area (Å²) >= 11 is 0. The Hall–Kier alpha value is -2.24. The predicted octanol–water partition coefficient (Wildman–Crippen LogP) is 3.19. The van der Waals surface area contributed by atoms with Crippen LogP contribution in [0.4, 0.5) is 4.39 Å². The molecule has 4 nitrogen and oxygen atoms in total. The monoisotopic (exact) mass is 370 g/mol. The fourth-order valence-corrected chi connectivity index (χ4v) is 3.65. The number of benzene rings is 2. The molecule has 5 heteroatoms. The standard InChI is InChI=1S/C22H27FN2O2/c23-20-8-6-18(7-9-20)22(27)19-11-13-25(14-12-19)21(26)10-5-16-1-3-17(15-24)4-2-16/h1-4,6-9,19,22,27H,5,10-15,24H2. The number of aryl methyl sites for hydroxylation is 1. The smallest absolute Gasteiger partial charge is 0.222 e. The van der Waals surface area contributed by atoms with Crippen molar-refractivity contribution in [3.63, 3.8) is 0 Å². The molecule has 0 aromatic heterocycles. The summed E-state index contributed by atoms with van der Waals surface area (Å²) in [4.78, 5) is 14.4. The van der Waals surface area contributed by atoms with Gasteiger partial charge in [0.25, 0.3) is 0 Å². The number of rotatable bonds is 6. The lowest BCUT2D eigenvalue weighted by molar-refractivity contribution is -0.133. The first-order valence-corrected chi connectivity index (χ1v) is 9.56. The molecule has 1 saturated heterocycles. The minimum atomic E-state index is -0.607. The van der Waals surface area contributed by atoms with Gasteiger partial charge in [-0.25, -0.2) is 4.39 Å². The van der Waals surface area contributed by atoms with Gasteiger partial charge in [0.1, 0.15) is 5.82 Å². The van der Waals surface area contributed by atoms with E-state index in [2.05, 4.69) is 0 Å². The summed E-state index contributed by atoms with van der Waals surface area (Å²) in [6.07, 6.45) is 2.13. The molecular formula is C22H27FN2O2. The number of amides is 1. The molecule has 0 bridgehead atoms. The third-order valence-corrected chi connectivity index (χ3v) is 5.44. The summed E-state index contributed by atoms with van der Waals surface area (Å²) in [6, 6.07) is 14.1. The maximum Gasteiger partial charge on any atom is 0.222 e. The second-order valence-corrected chi connectivity index (χ2v) is 7.24. The average Bonchev–Trinajstić information content (AvgIpc) is 2.72. The van der Waals surface area contributed by atoms with E-state index in [-0.39, 0.29) is 17.6 Å². The molecule has 0 radical (unpaired) electrons. The number of nitrogens with zero attached hydrogens (tertiary/aromatic N) is 1. The van der Waals surface area contributed by atoms with Crippen LogP contribution in [0.1, 0.15) is 42.1 Å². The zero-order valence-electron chi connectivity index (χ0n) is 15.5. The highest BCUT2D eigenvalue weighted by Crippen LogP contribution is 2.31. The molecule has 0 aliphatic carbocycles. The van der Waals surface area contributed by atoms with Crippen molar-refractivity contribution in [1.29, 1.82) is 0 Å². The van der Waals surface area contributed by atoms with Crippen molar-refractivity contribution in [2.75, 3.05) is 13.1 Å². The van der Waals surface area contributed by atoms with Crippen molar-refractivity contribution in [3.8, 4) is 0 Å². The van der Waals surface area contributed by atoms with E-state index in [1.165, 1.54) is 12.1 Å². The van der Waals surface area contributed by atoms with E-state index < -0.39 is 6.10 Å². The van der Waals surface area contributed by atoms with Crippen molar-refractivity contribution < 1.29 is 14.3 Å². The van der Waals surface area contributed by atoms with Gasteiger partial charge in [-0.3, -0.25) is 4.79 Å². The first-order chi connectivity index (χ1) is 13.1. The first kappa shape index (κ1) is 19.5. The number of hydrogen-bond acceptors (Lipinski definition) is 3. The van der Waals surface area contributed by atoms with Crippen LogP contribution in [0.15, 0.2) is 48.5 Å². The highest BCUT2D eigenvalue weighted by Gasteiger charge is 2.28. The lowest BCUT2D eigenvalue weighted by atomic mass is 9.87. The summed E-state index contributed by atoms with van der Waals surface area (Å²) in [5.41, 5.74) is 8.57. The predicted molar refractivity (Wildman–Crippen MR) is 103 cm³/mol. The van der Waals surface area contributed by atoms with Crippen molar-refractivity contribution >= 4 is 5.91 Å². The van der Waals surface area contributed by atoms with Gasteiger partial charge in [0, 0.05) is 26.1 Å². The van der Waals surface area contributed by atoms with Crippen LogP contribution >= 0.6 is 0 Å². The minimum absolute atomic E-state index is 0.100. The Morgan fingerprint density at radius 1 is 1.07 bits per heavy atom. The molecule has 1 aliphatic rings. The molecule has 144 valence electrons. The van der Waals surface area contributed by atoms with Gasteiger partial charge in [0.15, 0.2) is 0 Å². The van der Waals surface area contributed by atoms with Crippen molar-refractivity contribution in [2.24, 2.45) is 11.7 Å². The summed E-state index contributed by atoms with van der Waals surface area (Å²) in [5, 5.41) is 10.5. The first-order valence-electron chi connectivity index (χ1n) is 9.56. The summed E-state index contributed by atoms with van der Waals surface area (Å²) in [7, 11) is 0. The van der Waals surface area contributed by atoms with Gasteiger partial charge in [0.05, 0.1) is 6.10 Å². The Morgan fingerprint density at radius 2 is 1.67 bits per heavy atom. The molecular weight excluding hydrogens is 343 g/mol. The van der Waals surface area contributed by atoms with Crippen LogP contribution in [-0.4, -0.2) is 29.0 Å². The van der Waals surface area contributed by atoms with Gasteiger partial charge >= 0.3 is 0 Å². The number of halogens is 1. The normalized spacial score (nSPS) is 16.3. The second kappa shape index (κ2) is 9.11. The maximum atomic E-state index is 13.0. The van der Waals surface area contributed by atoms with Crippen LogP contribution in [0.3, 0.4) is 0 Å². The van der Waals surface area contributed by atoms with Gasteiger partial charge in [0.2, 0.25) is 5.91 Å². The number of aliphatic hydroxyl groups excluding tert-OH is 1. The third kappa shape index (κ3) is 5.15. The molecule has 3 N–H and O–H groups in total. The third-order valence-electron chi connectivity index (χ3n) is 5.44. The average molecular weight is 370 g/mol. The van der Waals surface area contributed by atoms with E-state index >= 15 is 0 Å². The van der Waals surface area contributed by atoms with Gasteiger partial charge < -0.3 is 15.7 Å². The maximum absolute atomic E-state index is 13.0. The van der Waals surface area contributed by atoms with Gasteiger partial charge in [-0.15, -0.1) is 0 Å². The van der Waals surface area contributed by atoms with Crippen LogP contribution < -0.4 is 5.73 Å². The van der Waals surface area contributed by atoms with Crippen LogP contribution in [-0.2, 0) is 17.8 Å². The molecule has 2 aromatic carbocycles. The van der Waals surface area contributed by atoms with Crippen molar-refractivity contribution in [3.05, 3.63) is 71.0 Å². The van der Waals surface area contributed by atoms with E-state index in [4.69, 9.17) is 5.73 Å². The largest absolute Gasteiger partial charge is 0.388 e. The number of carbonyl (C=O) groups is 1. The highest BCUT2D eigenvalue weighted by atomic mass is 19.1. The Kier molecular flexibility index (Phi) is 6.58. The number of carbonyl (C=O) groups excluding carboxylic acids is 1. The lowest BCUT2D eigenvalue weighted by Gasteiger charge is -2.34. The topological polar surface area (TPSA) is 66.6 Å². The SMILES string of the molecule is NCc1ccc(CCC(=O)N2CCC(C(O)c3ccc(F)cc3)CC2)cc1. The summed E-state index contributed by atoms with van der Waals surface area (Å²) in [6.45, 7) is 1.85. The number of aliphatic hydroxyl groups is 1. The number of piperidine rings is 1. The lowest BCUT2D eigenvalue weighted by Crippen LogP contribution is -2.39. The van der Waals surface area contributed by atoms with Crippen molar-refractivity contribution in [1.82, 2.24) is 4.90 Å². The minimum Gasteiger partial charge on any atom is -0.388 e. The molecule has 1 amide bonds. The van der Waals surface area contributed by atoms with Crippen LogP contribution in [0.2, 0.25) is 0 Å². The highest BCUT2D eigenvalue weighted by molar-refractivity contribution is 5.76.